The van der Waals surface area contributed by atoms with Gasteiger partial charge in [-0.25, -0.2) is 0 Å². The predicted molar refractivity (Wildman–Crippen MR) is 103 cm³/mol. The number of carbonyl (C=O) groups excluding carboxylic acids is 1. The van der Waals surface area contributed by atoms with E-state index in [0.29, 0.717) is 4.57 Å². The quantitative estimate of drug-likeness (QED) is 0.501. The number of nitrogens with one attached hydrogen (secondary N) is 1. The molecule has 0 spiro atoms. The van der Waals surface area contributed by atoms with E-state index in [1.807, 2.05) is 0 Å². The summed E-state index contributed by atoms with van der Waals surface area (Å²) in [5, 5.41) is 16.2. The Kier molecular flexibility index (Phi) is 3.31. The summed E-state index contributed by atoms with van der Waals surface area (Å²) in [5.41, 5.74) is -2.57. The number of piperidine rings is 1. The number of thiophene rings is 1. The Morgan fingerprint density at radius 2 is 2.15 bits per heavy atom. The third-order valence-electron chi connectivity index (χ3n) is 3.60. The van der Waals surface area contributed by atoms with Gasteiger partial charge in [0.25, 0.3) is 11.5 Å². The van der Waals surface area contributed by atoms with Crippen LogP contribution >= 0.6 is 11.3 Å². The van der Waals surface area contributed by atoms with Crippen LogP contribution in [-0.2, 0) is 0 Å². The maximum absolute atomic E-state index is 13.3. The SMILES string of the molecule is [2H]C([2H])([2H])C(n1c(=O)c(C(=O)NCCCN2C([2H])([2H])C([2H])([2H])C([2H])([2H])C([2H])([2H])C2([2H])[2H])c([O-])c2ccsc21)C([2H])([2H])[2H].[Na+]. The molecule has 0 radical (unpaired) electrons. The van der Waals surface area contributed by atoms with Crippen LogP contribution in [0, 0.1) is 0 Å². The molecule has 27 heavy (non-hydrogen) atoms. The van der Waals surface area contributed by atoms with Crippen molar-refractivity contribution in [1.29, 1.82) is 0 Å². The molecule has 1 amide bonds. The molecule has 0 saturated carbocycles. The second-order valence-corrected chi connectivity index (χ2v) is 6.18. The van der Waals surface area contributed by atoms with Gasteiger partial charge in [0, 0.05) is 39.9 Å². The number of carbonyl (C=O) groups is 1. The number of aromatic nitrogens is 1. The summed E-state index contributed by atoms with van der Waals surface area (Å²) in [4.78, 5) is 26.2. The van der Waals surface area contributed by atoms with Gasteiger partial charge in [-0.1, -0.05) is 12.1 Å². The first kappa shape index (κ1) is 8.88. The zero-order chi connectivity index (χ0) is 32.6. The molecule has 0 aliphatic carbocycles. The molecule has 3 rings (SSSR count). The maximum atomic E-state index is 13.3. The summed E-state index contributed by atoms with van der Waals surface area (Å²) in [6.07, 6.45) is -11.1. The van der Waals surface area contributed by atoms with Crippen LogP contribution < -0.4 is 45.5 Å². The first-order valence-corrected chi connectivity index (χ1v) is 8.45. The van der Waals surface area contributed by atoms with Crippen molar-refractivity contribution >= 4 is 27.5 Å². The second-order valence-electron chi connectivity index (χ2n) is 5.28. The molecule has 8 heteroatoms. The fourth-order valence-corrected chi connectivity index (χ4v) is 3.35. The summed E-state index contributed by atoms with van der Waals surface area (Å²) in [6, 6.07) is -1.22. The topological polar surface area (TPSA) is 77.4 Å². The maximum Gasteiger partial charge on any atom is 1.00 e. The number of pyridine rings is 1. The molecule has 2 aromatic rings. The van der Waals surface area contributed by atoms with Crippen molar-refractivity contribution in [3.63, 3.8) is 0 Å². The van der Waals surface area contributed by atoms with Gasteiger partial charge in [-0.05, 0) is 63.9 Å². The van der Waals surface area contributed by atoms with E-state index in [0.717, 1.165) is 11.3 Å². The molecule has 0 aromatic carbocycles. The molecule has 3 heterocycles. The van der Waals surface area contributed by atoms with Gasteiger partial charge in [0.15, 0.2) is 0 Å². The van der Waals surface area contributed by atoms with Gasteiger partial charge in [0.2, 0.25) is 0 Å². The first-order chi connectivity index (χ1) is 18.7. The van der Waals surface area contributed by atoms with E-state index < -0.39 is 94.1 Å². The van der Waals surface area contributed by atoms with Crippen molar-refractivity contribution in [3.05, 3.63) is 27.4 Å². The molecule has 0 atom stereocenters. The summed E-state index contributed by atoms with van der Waals surface area (Å²) in [5.74, 6) is -2.44. The Morgan fingerprint density at radius 3 is 2.85 bits per heavy atom. The molecule has 0 bridgehead atoms. The van der Waals surface area contributed by atoms with Crippen LogP contribution in [0.2, 0.25) is 0 Å². The van der Waals surface area contributed by atoms with Gasteiger partial charge in [-0.3, -0.25) is 14.2 Å². The van der Waals surface area contributed by atoms with Gasteiger partial charge < -0.3 is 15.3 Å². The number of nitrogens with zero attached hydrogens (tertiary/aromatic N) is 2. The standard InChI is InChI=1S/C19H27N3O3S.Na/c1-13(2)22-18(25)15(16(23)14-7-12-26-19(14)22)17(24)20-8-6-11-21-9-4-3-5-10-21;/h7,12-13,23H,3-6,8-11H2,1-2H3,(H,20,24);/q;+1/p-1/i1D3,2D3,3D2,4D2,5D2,9D2,10D2;. The number of rotatable bonds is 6. The Labute approximate surface area is 208 Å². The third kappa shape index (κ3) is 4.95. The van der Waals surface area contributed by atoms with Crippen molar-refractivity contribution < 1.29 is 61.4 Å². The van der Waals surface area contributed by atoms with Gasteiger partial charge in [0.05, 0.1) is 5.56 Å². The zero-order valence-electron chi connectivity index (χ0n) is 30.4. The van der Waals surface area contributed by atoms with Gasteiger partial charge >= 0.3 is 29.6 Å². The van der Waals surface area contributed by atoms with Crippen molar-refractivity contribution in [1.82, 2.24) is 14.8 Å². The fourth-order valence-electron chi connectivity index (χ4n) is 2.43. The van der Waals surface area contributed by atoms with Crippen LogP contribution in [0.3, 0.4) is 0 Å². The minimum atomic E-state index is -3.59. The number of hydrogen-bond acceptors (Lipinski definition) is 5. The van der Waals surface area contributed by atoms with E-state index in [1.54, 1.807) is 0 Å². The van der Waals surface area contributed by atoms with Gasteiger partial charge in [0.1, 0.15) is 4.83 Å². The molecule has 1 aliphatic rings. The van der Waals surface area contributed by atoms with E-state index in [9.17, 15) is 14.7 Å². The second kappa shape index (κ2) is 10.1. The average molecular weight is 416 g/mol. The molecule has 6 nitrogen and oxygen atoms in total. The summed E-state index contributed by atoms with van der Waals surface area (Å²) < 4.78 is 127. The van der Waals surface area contributed by atoms with Crippen LogP contribution in [0.4, 0.5) is 0 Å². The van der Waals surface area contributed by atoms with Crippen molar-refractivity contribution in [2.75, 3.05) is 26.1 Å². The number of amides is 1. The molecule has 1 saturated heterocycles. The van der Waals surface area contributed by atoms with Crippen LogP contribution in [0.15, 0.2) is 16.2 Å². The zero-order valence-corrected chi connectivity index (χ0v) is 17.2. The first-order valence-electron chi connectivity index (χ1n) is 15.6. The largest absolute Gasteiger partial charge is 1.00 e. The number of hydrogen-bond donors (Lipinski definition) is 1. The Hall–Kier alpha value is -0.860. The van der Waals surface area contributed by atoms with Gasteiger partial charge in [-0.15, -0.1) is 11.3 Å². The minimum absolute atomic E-state index is 0. The predicted octanol–water partition coefficient (Wildman–Crippen LogP) is -0.673. The van der Waals surface area contributed by atoms with Crippen molar-refractivity contribution in [3.8, 4) is 5.75 Å². The van der Waals surface area contributed by atoms with Crippen molar-refractivity contribution in [2.45, 2.75) is 45.3 Å². The summed E-state index contributed by atoms with van der Waals surface area (Å²) in [6.45, 7) is -14.5. The van der Waals surface area contributed by atoms with Crippen LogP contribution in [0.25, 0.3) is 10.2 Å². The molecular formula is C19H26N3NaO3S. The van der Waals surface area contributed by atoms with E-state index in [1.165, 1.54) is 11.4 Å². The molecule has 2 aromatic heterocycles. The van der Waals surface area contributed by atoms with Crippen molar-refractivity contribution in [2.24, 2.45) is 0 Å². The Balaban J connectivity index is 0.00000645. The van der Waals surface area contributed by atoms with Crippen LogP contribution in [0.1, 0.15) is 77.6 Å². The molecule has 0 unspecified atom stereocenters. The summed E-state index contributed by atoms with van der Waals surface area (Å²) >= 11 is 0.726. The Bertz CT molecular complexity index is 1390. The molecular weight excluding hydrogens is 373 g/mol. The van der Waals surface area contributed by atoms with E-state index in [2.05, 4.69) is 5.32 Å². The molecule has 1 fully saturated rings. The van der Waals surface area contributed by atoms with E-state index in [4.69, 9.17) is 21.9 Å². The number of fused-ring (bicyclic) bond motifs is 1. The fraction of sp³-hybridized carbons (Fsp3) is 0.579. The van der Waals surface area contributed by atoms with Crippen LogP contribution in [0.5, 0.6) is 5.75 Å². The normalized spacial score (nSPS) is 34.1. The monoisotopic (exact) mass is 415 g/mol. The van der Waals surface area contributed by atoms with E-state index in [-0.39, 0.29) is 44.7 Å². The number of likely N-dealkylation sites (tertiary alicyclic amines) is 1. The summed E-state index contributed by atoms with van der Waals surface area (Å²) in [7, 11) is 0. The molecule has 1 aliphatic heterocycles. The minimum Gasteiger partial charge on any atom is -0.871 e. The van der Waals surface area contributed by atoms with E-state index >= 15 is 0 Å². The third-order valence-corrected chi connectivity index (χ3v) is 4.52. The Morgan fingerprint density at radius 1 is 1.41 bits per heavy atom. The molecule has 1 N–H and O–H groups in total. The van der Waals surface area contributed by atoms with Gasteiger partial charge in [-0.2, -0.15) is 0 Å². The van der Waals surface area contributed by atoms with Crippen LogP contribution in [-0.4, -0.2) is 41.5 Å². The average Bonchev–Trinajstić information content (AvgIpc) is 3.28. The smallest absolute Gasteiger partial charge is 0.871 e. The molecule has 142 valence electrons.